The Kier molecular flexibility index (Phi) is 6.38. The van der Waals surface area contributed by atoms with Crippen LogP contribution >= 0.6 is 12.2 Å². The molecule has 2 aromatic rings. The summed E-state index contributed by atoms with van der Waals surface area (Å²) in [6, 6.07) is 8.57. The molecule has 0 saturated heterocycles. The highest BCUT2D eigenvalue weighted by Gasteiger charge is 2.23. The summed E-state index contributed by atoms with van der Waals surface area (Å²) in [4.78, 5) is 1.42. The van der Waals surface area contributed by atoms with Gasteiger partial charge in [0.05, 0.1) is 25.3 Å². The van der Waals surface area contributed by atoms with Gasteiger partial charge in [-0.25, -0.2) is 0 Å². The summed E-state index contributed by atoms with van der Waals surface area (Å²) < 4.78 is 14.3. The van der Waals surface area contributed by atoms with Gasteiger partial charge in [-0.15, -0.1) is 0 Å². The van der Waals surface area contributed by atoms with Gasteiger partial charge in [-0.1, -0.05) is 12.2 Å². The number of rotatable bonds is 6. The fourth-order valence-electron chi connectivity index (χ4n) is 3.87. The number of fused-ring (bicyclic) bond motifs is 1. The molecule has 0 aliphatic carbocycles. The zero-order valence-corrected chi connectivity index (χ0v) is 17.9. The average molecular weight is 399 g/mol. The van der Waals surface area contributed by atoms with Crippen molar-refractivity contribution in [2.24, 2.45) is 0 Å². The van der Waals surface area contributed by atoms with Gasteiger partial charge in [0.1, 0.15) is 17.3 Å². The van der Waals surface area contributed by atoms with Crippen LogP contribution in [0.1, 0.15) is 41.8 Å². The second-order valence-corrected chi connectivity index (χ2v) is 7.59. The number of nitrogens with one attached hydrogen (secondary N) is 1. The molecule has 0 saturated carbocycles. The molecule has 0 radical (unpaired) electrons. The molecule has 1 atom stereocenters. The summed E-state index contributed by atoms with van der Waals surface area (Å²) in [5.41, 5.74) is 5.28. The predicted molar refractivity (Wildman–Crippen MR) is 111 cm³/mol. The van der Waals surface area contributed by atoms with Crippen molar-refractivity contribution in [2.75, 3.05) is 19.8 Å². The number of pyridine rings is 1. The van der Waals surface area contributed by atoms with Crippen LogP contribution in [0.3, 0.4) is 0 Å². The van der Waals surface area contributed by atoms with Crippen LogP contribution in [0.5, 0.6) is 11.5 Å². The van der Waals surface area contributed by atoms with E-state index in [0.717, 1.165) is 48.9 Å². The Morgan fingerprint density at radius 3 is 2.36 bits per heavy atom. The van der Waals surface area contributed by atoms with E-state index in [0.29, 0.717) is 23.4 Å². The molecule has 5 nitrogen and oxygen atoms in total. The van der Waals surface area contributed by atoms with Crippen molar-refractivity contribution in [1.82, 2.24) is 4.57 Å². The van der Waals surface area contributed by atoms with E-state index in [-0.39, 0.29) is 0 Å². The first-order valence-electron chi connectivity index (χ1n) is 9.84. The van der Waals surface area contributed by atoms with E-state index in [2.05, 4.69) is 29.7 Å². The normalized spacial score (nSPS) is 15.6. The molecule has 0 amide bonds. The lowest BCUT2D eigenvalue weighted by molar-refractivity contribution is -0.938. The maximum Gasteiger partial charge on any atom is 0.161 e. The van der Waals surface area contributed by atoms with Gasteiger partial charge in [0.15, 0.2) is 18.2 Å². The first-order valence-corrected chi connectivity index (χ1v) is 10.2. The Balaban J connectivity index is 1.87. The molecule has 1 unspecified atom stereocenters. The molecule has 1 aromatic heterocycles. The van der Waals surface area contributed by atoms with Gasteiger partial charge in [0.25, 0.3) is 0 Å². The zero-order chi connectivity index (χ0) is 20.3. The molecule has 1 aromatic carbocycles. The molecule has 1 aliphatic rings. The summed E-state index contributed by atoms with van der Waals surface area (Å²) in [6.07, 6.45) is 0.987. The minimum absolute atomic E-state index is 0.609. The van der Waals surface area contributed by atoms with E-state index in [4.69, 9.17) is 21.7 Å². The van der Waals surface area contributed by atoms with Crippen molar-refractivity contribution in [1.29, 1.82) is 5.26 Å². The largest absolute Gasteiger partial charge is 0.490 e. The molecule has 1 aliphatic heterocycles. The fourth-order valence-corrected chi connectivity index (χ4v) is 4.28. The number of quaternary nitrogens is 1. The third kappa shape index (κ3) is 4.06. The summed E-state index contributed by atoms with van der Waals surface area (Å²) in [7, 11) is 0. The smallest absolute Gasteiger partial charge is 0.161 e. The number of ether oxygens (including phenoxy) is 2. The van der Waals surface area contributed by atoms with Gasteiger partial charge < -0.3 is 14.4 Å². The Bertz CT molecular complexity index is 975. The van der Waals surface area contributed by atoms with Crippen LogP contribution in [0, 0.1) is 29.8 Å². The third-order valence-electron chi connectivity index (χ3n) is 5.25. The SMILES string of the molecule is CCOc1cc2c(cc1OCC)C[NH+](Cn1c(C)cc(C)c(C#N)c1=S)CC2. The fraction of sp³-hybridized carbons (Fsp3) is 0.455. The van der Waals surface area contributed by atoms with Crippen molar-refractivity contribution in [3.05, 3.63) is 50.8 Å². The highest BCUT2D eigenvalue weighted by molar-refractivity contribution is 7.71. The van der Waals surface area contributed by atoms with Crippen molar-refractivity contribution in [3.8, 4) is 17.6 Å². The number of nitrogens with zero attached hydrogens (tertiary/aromatic N) is 2. The van der Waals surface area contributed by atoms with E-state index in [1.54, 1.807) is 0 Å². The quantitative estimate of drug-likeness (QED) is 0.760. The molecular weight excluding hydrogens is 370 g/mol. The van der Waals surface area contributed by atoms with Gasteiger partial charge in [0, 0.05) is 17.7 Å². The Labute approximate surface area is 172 Å². The molecule has 148 valence electrons. The second-order valence-electron chi connectivity index (χ2n) is 7.21. The van der Waals surface area contributed by atoms with Crippen LogP contribution in [-0.4, -0.2) is 24.3 Å². The summed E-state index contributed by atoms with van der Waals surface area (Å²) in [6.45, 7) is 11.9. The Morgan fingerprint density at radius 2 is 1.75 bits per heavy atom. The van der Waals surface area contributed by atoms with Crippen LogP contribution in [0.25, 0.3) is 0 Å². The molecule has 2 heterocycles. The van der Waals surface area contributed by atoms with E-state index < -0.39 is 0 Å². The van der Waals surface area contributed by atoms with Crippen LogP contribution in [0.2, 0.25) is 0 Å². The van der Waals surface area contributed by atoms with E-state index in [1.165, 1.54) is 16.0 Å². The first-order chi connectivity index (χ1) is 13.5. The summed E-state index contributed by atoms with van der Waals surface area (Å²) in [5, 5.41) is 9.44. The molecular formula is C22H28N3O2S+. The lowest BCUT2D eigenvalue weighted by Crippen LogP contribution is -3.11. The van der Waals surface area contributed by atoms with Gasteiger partial charge >= 0.3 is 0 Å². The van der Waals surface area contributed by atoms with Gasteiger partial charge in [0.2, 0.25) is 0 Å². The number of hydrogen-bond donors (Lipinski definition) is 1. The Hall–Kier alpha value is -2.36. The number of nitriles is 1. The molecule has 0 fully saturated rings. The molecule has 0 spiro atoms. The highest BCUT2D eigenvalue weighted by atomic mass is 32.1. The molecule has 6 heteroatoms. The van der Waals surface area contributed by atoms with Crippen LogP contribution < -0.4 is 14.4 Å². The predicted octanol–water partition coefficient (Wildman–Crippen LogP) is 3.10. The lowest BCUT2D eigenvalue weighted by Gasteiger charge is -2.28. The van der Waals surface area contributed by atoms with Crippen LogP contribution in [-0.2, 0) is 19.6 Å². The average Bonchev–Trinajstić information content (AvgIpc) is 2.66. The molecule has 0 bridgehead atoms. The monoisotopic (exact) mass is 398 g/mol. The molecule has 1 N–H and O–H groups in total. The van der Waals surface area contributed by atoms with Gasteiger partial charge in [-0.05, 0) is 57.0 Å². The first kappa shape index (κ1) is 20.4. The van der Waals surface area contributed by atoms with E-state index in [9.17, 15) is 5.26 Å². The molecule has 28 heavy (non-hydrogen) atoms. The van der Waals surface area contributed by atoms with Gasteiger partial charge in [-0.2, -0.15) is 5.26 Å². The minimum Gasteiger partial charge on any atom is -0.490 e. The maximum atomic E-state index is 9.44. The Morgan fingerprint density at radius 1 is 1.11 bits per heavy atom. The van der Waals surface area contributed by atoms with Crippen molar-refractivity contribution >= 4 is 12.2 Å². The summed E-state index contributed by atoms with van der Waals surface area (Å²) in [5.74, 6) is 1.65. The lowest BCUT2D eigenvalue weighted by atomic mass is 9.99. The number of hydrogen-bond acceptors (Lipinski definition) is 4. The third-order valence-corrected chi connectivity index (χ3v) is 5.68. The maximum absolute atomic E-state index is 9.44. The topological polar surface area (TPSA) is 51.6 Å². The zero-order valence-electron chi connectivity index (χ0n) is 17.1. The van der Waals surface area contributed by atoms with Crippen molar-refractivity contribution in [2.45, 2.75) is 47.3 Å². The minimum atomic E-state index is 0.609. The van der Waals surface area contributed by atoms with E-state index >= 15 is 0 Å². The second kappa shape index (κ2) is 8.76. The molecule has 3 rings (SSSR count). The van der Waals surface area contributed by atoms with Crippen LogP contribution in [0.15, 0.2) is 18.2 Å². The number of aromatic nitrogens is 1. The number of benzene rings is 1. The summed E-state index contributed by atoms with van der Waals surface area (Å²) >= 11 is 5.60. The van der Waals surface area contributed by atoms with Crippen molar-refractivity contribution < 1.29 is 14.4 Å². The standard InChI is InChI=1S/C22H27N3O2S/c1-5-26-20-10-17-7-8-24(13-18(17)11-21(20)27-6-2)14-25-16(4)9-15(3)19(12-23)22(25)28/h9-11H,5-8,13-14H2,1-4H3/p+1. The highest BCUT2D eigenvalue weighted by Crippen LogP contribution is 2.32. The van der Waals surface area contributed by atoms with Crippen molar-refractivity contribution in [3.63, 3.8) is 0 Å². The van der Waals surface area contributed by atoms with Gasteiger partial charge in [-0.3, -0.25) is 4.57 Å². The van der Waals surface area contributed by atoms with Crippen LogP contribution in [0.4, 0.5) is 0 Å². The number of aryl methyl sites for hydroxylation is 2. The van der Waals surface area contributed by atoms with E-state index in [1.807, 2.05) is 26.8 Å².